The van der Waals surface area contributed by atoms with E-state index in [1.807, 2.05) is 50.6 Å². The number of hydrogen-bond donors (Lipinski definition) is 0. The van der Waals surface area contributed by atoms with Crippen LogP contribution in [-0.2, 0) is 6.54 Å². The lowest BCUT2D eigenvalue weighted by atomic mass is 9.97. The van der Waals surface area contributed by atoms with Crippen molar-refractivity contribution in [3.05, 3.63) is 78.2 Å². The van der Waals surface area contributed by atoms with Gasteiger partial charge < -0.3 is 4.74 Å². The monoisotopic (exact) mass is 373 g/mol. The van der Waals surface area contributed by atoms with Gasteiger partial charge in [0, 0.05) is 37.2 Å². The highest BCUT2D eigenvalue weighted by Crippen LogP contribution is 2.30. The van der Waals surface area contributed by atoms with E-state index in [0.29, 0.717) is 5.92 Å². The van der Waals surface area contributed by atoms with Crippen LogP contribution < -0.4 is 4.74 Å². The van der Waals surface area contributed by atoms with Gasteiger partial charge in [-0.25, -0.2) is 0 Å². The van der Waals surface area contributed by atoms with Crippen LogP contribution in [0.5, 0.6) is 5.75 Å². The first kappa shape index (κ1) is 18.6. The molecule has 4 rings (SSSR count). The molecule has 3 heterocycles. The van der Waals surface area contributed by atoms with Crippen molar-refractivity contribution >= 4 is 0 Å². The summed E-state index contributed by atoms with van der Waals surface area (Å²) in [6.07, 6.45) is 7.10. The van der Waals surface area contributed by atoms with Gasteiger partial charge >= 0.3 is 0 Å². The van der Waals surface area contributed by atoms with E-state index in [1.165, 1.54) is 17.5 Å². The minimum absolute atomic E-state index is 0.185. The van der Waals surface area contributed by atoms with E-state index in [4.69, 9.17) is 4.74 Å². The average molecular weight is 374 g/mol. The van der Waals surface area contributed by atoms with Crippen molar-refractivity contribution in [1.82, 2.24) is 14.9 Å². The Morgan fingerprint density at radius 3 is 2.71 bits per heavy atom. The van der Waals surface area contributed by atoms with Crippen LogP contribution in [0.3, 0.4) is 0 Å². The number of pyridine rings is 2. The zero-order chi connectivity index (χ0) is 19.3. The lowest BCUT2D eigenvalue weighted by Crippen LogP contribution is -2.19. The lowest BCUT2D eigenvalue weighted by Gasteiger charge is -2.16. The fourth-order valence-corrected chi connectivity index (χ4v) is 3.83. The van der Waals surface area contributed by atoms with Crippen LogP contribution in [0.1, 0.15) is 37.3 Å². The molecule has 4 nitrogen and oxygen atoms in total. The molecule has 1 saturated heterocycles. The van der Waals surface area contributed by atoms with Gasteiger partial charge in [-0.15, -0.1) is 0 Å². The first-order valence-corrected chi connectivity index (χ1v) is 10.0. The molecule has 0 N–H and O–H groups in total. The Hall–Kier alpha value is -2.72. The van der Waals surface area contributed by atoms with Crippen LogP contribution in [0.15, 0.2) is 67.1 Å². The van der Waals surface area contributed by atoms with Gasteiger partial charge in [-0.3, -0.25) is 14.9 Å². The number of aromatic nitrogens is 2. The largest absolute Gasteiger partial charge is 0.491 e. The molecule has 28 heavy (non-hydrogen) atoms. The first-order chi connectivity index (χ1) is 13.7. The summed E-state index contributed by atoms with van der Waals surface area (Å²) < 4.78 is 5.74. The van der Waals surface area contributed by atoms with Crippen LogP contribution in [0.2, 0.25) is 0 Å². The zero-order valence-corrected chi connectivity index (χ0v) is 16.6. The summed E-state index contributed by atoms with van der Waals surface area (Å²) in [5, 5.41) is 0. The molecule has 1 aromatic carbocycles. The van der Waals surface area contributed by atoms with E-state index in [1.54, 1.807) is 0 Å². The van der Waals surface area contributed by atoms with Gasteiger partial charge in [0.15, 0.2) is 0 Å². The quantitative estimate of drug-likeness (QED) is 0.615. The van der Waals surface area contributed by atoms with Crippen molar-refractivity contribution in [3.63, 3.8) is 0 Å². The molecular formula is C24H27N3O. The predicted molar refractivity (Wildman–Crippen MR) is 112 cm³/mol. The third-order valence-electron chi connectivity index (χ3n) is 5.18. The van der Waals surface area contributed by atoms with Crippen molar-refractivity contribution in [3.8, 4) is 17.0 Å². The minimum atomic E-state index is 0.185. The molecule has 1 aliphatic rings. The molecule has 0 spiro atoms. The summed E-state index contributed by atoms with van der Waals surface area (Å²) in [6, 6.07) is 16.8. The highest BCUT2D eigenvalue weighted by Gasteiger charge is 2.24. The lowest BCUT2D eigenvalue weighted by molar-refractivity contribution is 0.242. The molecule has 0 bridgehead atoms. The number of benzene rings is 1. The number of ether oxygens (including phenoxy) is 1. The standard InChI is InChI=1S/C24H27N3O/c1-18(2)28-23-7-5-20(6-8-23)24-14-21(9-12-26-24)22-10-13-27(17-22)16-19-4-3-11-25-15-19/h3-9,11-12,14-15,18,22H,10,13,16-17H2,1-2H3/t22-/m1/s1. The van der Waals surface area contributed by atoms with Crippen LogP contribution >= 0.6 is 0 Å². The van der Waals surface area contributed by atoms with Crippen LogP contribution in [0.4, 0.5) is 0 Å². The number of hydrogen-bond acceptors (Lipinski definition) is 4. The Labute approximate surface area is 167 Å². The van der Waals surface area contributed by atoms with Gasteiger partial charge in [0.1, 0.15) is 5.75 Å². The van der Waals surface area contributed by atoms with Crippen molar-refractivity contribution in [2.75, 3.05) is 13.1 Å². The van der Waals surface area contributed by atoms with E-state index in [9.17, 15) is 0 Å². The molecule has 0 radical (unpaired) electrons. The Morgan fingerprint density at radius 1 is 1.11 bits per heavy atom. The van der Waals surface area contributed by atoms with E-state index >= 15 is 0 Å². The smallest absolute Gasteiger partial charge is 0.119 e. The third-order valence-corrected chi connectivity index (χ3v) is 5.18. The minimum Gasteiger partial charge on any atom is -0.491 e. The third kappa shape index (κ3) is 4.57. The first-order valence-electron chi connectivity index (χ1n) is 10.0. The van der Waals surface area contributed by atoms with Gasteiger partial charge in [0.05, 0.1) is 11.8 Å². The van der Waals surface area contributed by atoms with Gasteiger partial charge in [0.2, 0.25) is 0 Å². The van der Waals surface area contributed by atoms with Crippen molar-refractivity contribution in [2.45, 2.75) is 38.8 Å². The summed E-state index contributed by atoms with van der Waals surface area (Å²) in [6.45, 7) is 7.26. The van der Waals surface area contributed by atoms with E-state index in [0.717, 1.165) is 36.6 Å². The Kier molecular flexibility index (Phi) is 5.68. The van der Waals surface area contributed by atoms with Gasteiger partial charge in [-0.2, -0.15) is 0 Å². The molecule has 1 aliphatic heterocycles. The molecule has 144 valence electrons. The molecule has 2 aromatic heterocycles. The number of likely N-dealkylation sites (tertiary alicyclic amines) is 1. The van der Waals surface area contributed by atoms with Gasteiger partial charge in [-0.1, -0.05) is 6.07 Å². The Balaban J connectivity index is 1.44. The van der Waals surface area contributed by atoms with E-state index in [2.05, 4.69) is 45.2 Å². The predicted octanol–water partition coefficient (Wildman–Crippen LogP) is 4.92. The molecule has 0 aliphatic carbocycles. The van der Waals surface area contributed by atoms with Gasteiger partial charge in [-0.05, 0) is 86.3 Å². The second kappa shape index (κ2) is 8.53. The average Bonchev–Trinajstić information content (AvgIpc) is 3.17. The van der Waals surface area contributed by atoms with Crippen molar-refractivity contribution in [2.24, 2.45) is 0 Å². The molecule has 3 aromatic rings. The molecule has 1 fully saturated rings. The van der Waals surface area contributed by atoms with Crippen LogP contribution in [-0.4, -0.2) is 34.1 Å². The summed E-state index contributed by atoms with van der Waals surface area (Å²) in [4.78, 5) is 11.3. The second-order valence-corrected chi connectivity index (χ2v) is 7.75. The molecule has 4 heteroatoms. The molecular weight excluding hydrogens is 346 g/mol. The molecule has 0 saturated carbocycles. The number of nitrogens with zero attached hydrogens (tertiary/aromatic N) is 3. The maximum Gasteiger partial charge on any atom is 0.119 e. The highest BCUT2D eigenvalue weighted by atomic mass is 16.5. The molecule has 0 amide bonds. The summed E-state index contributed by atoms with van der Waals surface area (Å²) >= 11 is 0. The maximum atomic E-state index is 5.74. The summed E-state index contributed by atoms with van der Waals surface area (Å²) in [7, 11) is 0. The SMILES string of the molecule is CC(C)Oc1ccc(-c2cc([C@@H]3CCN(Cc4cccnc4)C3)ccn2)cc1. The number of rotatable bonds is 6. The molecule has 1 atom stereocenters. The zero-order valence-electron chi connectivity index (χ0n) is 16.6. The van der Waals surface area contributed by atoms with E-state index < -0.39 is 0 Å². The van der Waals surface area contributed by atoms with Crippen molar-refractivity contribution < 1.29 is 4.74 Å². The van der Waals surface area contributed by atoms with Crippen molar-refractivity contribution in [1.29, 1.82) is 0 Å². The molecule has 0 unspecified atom stereocenters. The Bertz CT molecular complexity index is 893. The summed E-state index contributed by atoms with van der Waals surface area (Å²) in [5.41, 5.74) is 4.81. The topological polar surface area (TPSA) is 38.2 Å². The highest BCUT2D eigenvalue weighted by molar-refractivity contribution is 5.61. The van der Waals surface area contributed by atoms with Gasteiger partial charge in [0.25, 0.3) is 0 Å². The fraction of sp³-hybridized carbons (Fsp3) is 0.333. The van der Waals surface area contributed by atoms with Crippen LogP contribution in [0, 0.1) is 0 Å². The Morgan fingerprint density at radius 2 is 1.96 bits per heavy atom. The normalized spacial score (nSPS) is 17.2. The fourth-order valence-electron chi connectivity index (χ4n) is 3.83. The van der Waals surface area contributed by atoms with Crippen LogP contribution in [0.25, 0.3) is 11.3 Å². The second-order valence-electron chi connectivity index (χ2n) is 7.75. The maximum absolute atomic E-state index is 5.74. The summed E-state index contributed by atoms with van der Waals surface area (Å²) in [5.74, 6) is 1.46. The van der Waals surface area contributed by atoms with E-state index in [-0.39, 0.29) is 6.10 Å².